The van der Waals surface area contributed by atoms with Gasteiger partial charge in [0.15, 0.2) is 0 Å². The van der Waals surface area contributed by atoms with Crippen molar-refractivity contribution in [2.24, 2.45) is 10.9 Å². The lowest BCUT2D eigenvalue weighted by Crippen LogP contribution is -2.44. The molecule has 130 valence electrons. The van der Waals surface area contributed by atoms with Gasteiger partial charge in [0.2, 0.25) is 5.91 Å². The molecule has 1 aromatic rings. The van der Waals surface area contributed by atoms with Gasteiger partial charge in [0.1, 0.15) is 12.4 Å². The monoisotopic (exact) mass is 349 g/mol. The fraction of sp³-hybridized carbons (Fsp3) is 0.529. The number of nitrogens with zero attached hydrogens (tertiary/aromatic N) is 2. The molecule has 0 radical (unpaired) electrons. The van der Waals surface area contributed by atoms with E-state index in [1.54, 1.807) is 24.3 Å². The third-order valence-electron chi connectivity index (χ3n) is 4.67. The third kappa shape index (κ3) is 3.17. The minimum absolute atomic E-state index is 0.0419. The van der Waals surface area contributed by atoms with Crippen LogP contribution in [0.25, 0.3) is 0 Å². The molecule has 1 atom stereocenters. The summed E-state index contributed by atoms with van der Waals surface area (Å²) in [6.07, 6.45) is 2.07. The van der Waals surface area contributed by atoms with E-state index in [1.807, 2.05) is 4.90 Å². The molecule has 1 fully saturated rings. The van der Waals surface area contributed by atoms with Crippen LogP contribution in [0.2, 0.25) is 0 Å². The summed E-state index contributed by atoms with van der Waals surface area (Å²) >= 11 is 0. The number of fused-ring (bicyclic) bond motifs is 1. The Balaban J connectivity index is 1.80. The molecule has 0 bridgehead atoms. The number of amides is 1. The van der Waals surface area contributed by atoms with Crippen molar-refractivity contribution in [3.8, 4) is 0 Å². The first-order valence-electron chi connectivity index (χ1n) is 8.29. The Morgan fingerprint density at radius 2 is 1.96 bits per heavy atom. The molecule has 24 heavy (non-hydrogen) atoms. The first kappa shape index (κ1) is 17.0. The minimum Gasteiger partial charge on any atom is -0.335 e. The molecule has 7 heteroatoms. The second-order valence-corrected chi connectivity index (χ2v) is 8.43. The van der Waals surface area contributed by atoms with E-state index in [2.05, 4.69) is 30.5 Å². The SMILES string of the molecule is CC(C)[C@H](C)N(C(=O)CN=C1NS(=O)(=O)c2ccccc21)C1CC1. The second kappa shape index (κ2) is 6.20. The predicted molar refractivity (Wildman–Crippen MR) is 92.3 cm³/mol. The van der Waals surface area contributed by atoms with Crippen LogP contribution in [0.4, 0.5) is 0 Å². The van der Waals surface area contributed by atoms with Crippen LogP contribution in [0, 0.1) is 5.92 Å². The van der Waals surface area contributed by atoms with E-state index in [4.69, 9.17) is 0 Å². The van der Waals surface area contributed by atoms with Crippen LogP contribution in [-0.4, -0.2) is 43.7 Å². The molecule has 1 N–H and O–H groups in total. The van der Waals surface area contributed by atoms with Gasteiger partial charge in [-0.3, -0.25) is 14.5 Å². The number of carbonyl (C=O) groups excluding carboxylic acids is 1. The maximum Gasteiger partial charge on any atom is 0.263 e. The van der Waals surface area contributed by atoms with Crippen molar-refractivity contribution in [3.05, 3.63) is 29.8 Å². The van der Waals surface area contributed by atoms with Crippen LogP contribution >= 0.6 is 0 Å². The van der Waals surface area contributed by atoms with Crippen LogP contribution in [0.5, 0.6) is 0 Å². The van der Waals surface area contributed by atoms with E-state index in [-0.39, 0.29) is 29.2 Å². The molecule has 3 rings (SSSR count). The van der Waals surface area contributed by atoms with E-state index in [1.165, 1.54) is 0 Å². The normalized spacial score (nSPS) is 21.4. The van der Waals surface area contributed by atoms with Gasteiger partial charge in [0.25, 0.3) is 10.0 Å². The molecule has 1 heterocycles. The first-order chi connectivity index (χ1) is 11.3. The van der Waals surface area contributed by atoms with Gasteiger partial charge in [-0.2, -0.15) is 0 Å². The third-order valence-corrected chi connectivity index (χ3v) is 6.06. The highest BCUT2D eigenvalue weighted by Gasteiger charge is 2.37. The number of sulfonamides is 1. The van der Waals surface area contributed by atoms with E-state index in [0.29, 0.717) is 17.5 Å². The summed E-state index contributed by atoms with van der Waals surface area (Å²) in [5.41, 5.74) is 0.528. The topological polar surface area (TPSA) is 78.8 Å². The van der Waals surface area contributed by atoms with Crippen molar-refractivity contribution < 1.29 is 13.2 Å². The molecule has 1 aromatic carbocycles. The molecule has 1 saturated carbocycles. The fourth-order valence-corrected chi connectivity index (χ4v) is 4.17. The van der Waals surface area contributed by atoms with Crippen molar-refractivity contribution in [2.45, 2.75) is 50.6 Å². The number of nitrogens with one attached hydrogen (secondary N) is 1. The van der Waals surface area contributed by atoms with Crippen molar-refractivity contribution in [2.75, 3.05) is 6.54 Å². The molecule has 0 unspecified atom stereocenters. The number of benzene rings is 1. The van der Waals surface area contributed by atoms with Crippen LogP contribution in [0.1, 0.15) is 39.2 Å². The molecule has 2 aliphatic rings. The highest BCUT2D eigenvalue weighted by molar-refractivity contribution is 7.90. The van der Waals surface area contributed by atoms with Gasteiger partial charge in [-0.25, -0.2) is 8.42 Å². The fourth-order valence-electron chi connectivity index (χ4n) is 2.92. The highest BCUT2D eigenvalue weighted by Crippen LogP contribution is 2.31. The van der Waals surface area contributed by atoms with Crippen LogP contribution in [0.3, 0.4) is 0 Å². The van der Waals surface area contributed by atoms with Crippen molar-refractivity contribution >= 4 is 21.8 Å². The van der Waals surface area contributed by atoms with E-state index in [0.717, 1.165) is 12.8 Å². The van der Waals surface area contributed by atoms with Crippen molar-refractivity contribution in [3.63, 3.8) is 0 Å². The van der Waals surface area contributed by atoms with E-state index in [9.17, 15) is 13.2 Å². The molecule has 1 aliphatic heterocycles. The Bertz CT molecular complexity index is 782. The number of hydrogen-bond donors (Lipinski definition) is 1. The summed E-state index contributed by atoms with van der Waals surface area (Å²) in [6.45, 7) is 6.21. The van der Waals surface area contributed by atoms with E-state index < -0.39 is 10.0 Å². The Hall–Kier alpha value is -1.89. The Morgan fingerprint density at radius 3 is 2.58 bits per heavy atom. The summed E-state index contributed by atoms with van der Waals surface area (Å²) in [7, 11) is -3.56. The van der Waals surface area contributed by atoms with Crippen molar-refractivity contribution in [1.82, 2.24) is 9.62 Å². The molecule has 0 spiro atoms. The Kier molecular flexibility index (Phi) is 4.38. The summed E-state index contributed by atoms with van der Waals surface area (Å²) in [4.78, 5) is 19.0. The largest absolute Gasteiger partial charge is 0.335 e. The van der Waals surface area contributed by atoms with Gasteiger partial charge in [0.05, 0.1) is 4.90 Å². The molecular weight excluding hydrogens is 326 g/mol. The lowest BCUT2D eigenvalue weighted by atomic mass is 10.0. The van der Waals surface area contributed by atoms with Gasteiger partial charge >= 0.3 is 0 Å². The average Bonchev–Trinajstić information content (AvgIpc) is 3.32. The van der Waals surface area contributed by atoms with Gasteiger partial charge in [-0.15, -0.1) is 0 Å². The zero-order valence-corrected chi connectivity index (χ0v) is 15.0. The zero-order chi connectivity index (χ0) is 17.5. The van der Waals surface area contributed by atoms with Gasteiger partial charge < -0.3 is 4.90 Å². The average molecular weight is 349 g/mol. The maximum atomic E-state index is 12.6. The number of carbonyl (C=O) groups is 1. The Morgan fingerprint density at radius 1 is 1.29 bits per heavy atom. The molecule has 0 saturated heterocycles. The lowest BCUT2D eigenvalue weighted by molar-refractivity contribution is -0.133. The Labute approximate surface area is 143 Å². The van der Waals surface area contributed by atoms with Gasteiger partial charge in [-0.05, 0) is 37.8 Å². The summed E-state index contributed by atoms with van der Waals surface area (Å²) in [6, 6.07) is 7.13. The molecular formula is C17H23N3O3S. The van der Waals surface area contributed by atoms with Crippen LogP contribution in [-0.2, 0) is 14.8 Å². The van der Waals surface area contributed by atoms with Gasteiger partial charge in [0, 0.05) is 17.6 Å². The minimum atomic E-state index is -3.56. The van der Waals surface area contributed by atoms with Crippen molar-refractivity contribution in [1.29, 1.82) is 0 Å². The summed E-state index contributed by atoms with van der Waals surface area (Å²) in [5.74, 6) is 0.578. The smallest absolute Gasteiger partial charge is 0.263 e. The predicted octanol–water partition coefficient (Wildman–Crippen LogP) is 1.76. The van der Waals surface area contributed by atoms with E-state index >= 15 is 0 Å². The zero-order valence-electron chi connectivity index (χ0n) is 14.2. The number of rotatable bonds is 5. The second-order valence-electron chi connectivity index (χ2n) is 6.78. The lowest BCUT2D eigenvalue weighted by Gasteiger charge is -2.31. The molecule has 1 amide bonds. The molecule has 6 nitrogen and oxygen atoms in total. The summed E-state index contributed by atoms with van der Waals surface area (Å²) in [5, 5.41) is 0. The summed E-state index contributed by atoms with van der Waals surface area (Å²) < 4.78 is 26.6. The molecule has 1 aliphatic carbocycles. The molecule has 0 aromatic heterocycles. The first-order valence-corrected chi connectivity index (χ1v) is 9.77. The van der Waals surface area contributed by atoms with Crippen LogP contribution in [0.15, 0.2) is 34.2 Å². The van der Waals surface area contributed by atoms with Crippen LogP contribution < -0.4 is 4.72 Å². The number of amidine groups is 1. The number of aliphatic imine (C=N–C) groups is 1. The van der Waals surface area contributed by atoms with Gasteiger partial charge in [-0.1, -0.05) is 26.0 Å². The quantitative estimate of drug-likeness (QED) is 0.880. The standard InChI is InChI=1S/C17H23N3O3S/c1-11(2)12(3)20(13-8-9-13)16(21)10-18-17-14-6-4-5-7-15(14)24(22,23)19-17/h4-7,11-13H,8-10H2,1-3H3,(H,18,19)/t12-/m0/s1. The highest BCUT2D eigenvalue weighted by atomic mass is 32.2. The maximum absolute atomic E-state index is 12.6. The number of hydrogen-bond acceptors (Lipinski definition) is 4.